The molecule has 1 aliphatic carbocycles. The zero-order valence-electron chi connectivity index (χ0n) is 17.1. The Morgan fingerprint density at radius 2 is 2.00 bits per heavy atom. The summed E-state index contributed by atoms with van der Waals surface area (Å²) in [6, 6.07) is 11.1. The SMILES string of the molecule is O=C1CCCC2=C1C(c1cc([N+](=O)[O-])ccc1Cl)n1nc(SCc3ccccc3Cl)nc1N2. The number of carbonyl (C=O) groups is 1. The normalized spacial score (nSPS) is 17.4. The maximum atomic E-state index is 13.0. The minimum atomic E-state index is -0.696. The van der Waals surface area contributed by atoms with E-state index in [1.165, 1.54) is 30.0 Å². The van der Waals surface area contributed by atoms with Crippen molar-refractivity contribution < 1.29 is 9.72 Å². The van der Waals surface area contributed by atoms with E-state index in [9.17, 15) is 14.9 Å². The lowest BCUT2D eigenvalue weighted by Crippen LogP contribution is -2.31. The minimum absolute atomic E-state index is 0.0252. The van der Waals surface area contributed by atoms with Crippen LogP contribution in [0.3, 0.4) is 0 Å². The van der Waals surface area contributed by atoms with Crippen molar-refractivity contribution in [3.05, 3.63) is 85.0 Å². The van der Waals surface area contributed by atoms with Gasteiger partial charge in [-0.25, -0.2) is 4.68 Å². The molecule has 2 aromatic carbocycles. The third-order valence-electron chi connectivity index (χ3n) is 5.65. The van der Waals surface area contributed by atoms with Gasteiger partial charge in [0.25, 0.3) is 5.69 Å². The van der Waals surface area contributed by atoms with E-state index >= 15 is 0 Å². The third-order valence-corrected chi connectivity index (χ3v) is 7.25. The maximum absolute atomic E-state index is 13.0. The summed E-state index contributed by atoms with van der Waals surface area (Å²) in [5.74, 6) is 1.01. The van der Waals surface area contributed by atoms with Crippen molar-refractivity contribution in [2.45, 2.75) is 36.2 Å². The number of hydrogen-bond donors (Lipinski definition) is 1. The molecule has 0 amide bonds. The number of allylic oxidation sites excluding steroid dienone is 2. The molecule has 1 aromatic heterocycles. The Bertz CT molecular complexity index is 1320. The Morgan fingerprint density at radius 3 is 2.79 bits per heavy atom. The molecule has 1 unspecified atom stereocenters. The molecule has 5 rings (SSSR count). The van der Waals surface area contributed by atoms with Crippen molar-refractivity contribution in [1.82, 2.24) is 14.8 Å². The molecule has 8 nitrogen and oxygen atoms in total. The Labute approximate surface area is 203 Å². The van der Waals surface area contributed by atoms with Crippen molar-refractivity contribution in [3.63, 3.8) is 0 Å². The molecule has 0 fully saturated rings. The summed E-state index contributed by atoms with van der Waals surface area (Å²) in [6.45, 7) is 0. The van der Waals surface area contributed by atoms with Crippen LogP contribution in [0.25, 0.3) is 0 Å². The van der Waals surface area contributed by atoms with Crippen LogP contribution < -0.4 is 5.32 Å². The van der Waals surface area contributed by atoms with E-state index in [1.54, 1.807) is 4.68 Å². The molecule has 1 atom stereocenters. The van der Waals surface area contributed by atoms with Crippen LogP contribution in [0.1, 0.15) is 36.4 Å². The molecule has 3 aromatic rings. The predicted molar refractivity (Wildman–Crippen MR) is 127 cm³/mol. The van der Waals surface area contributed by atoms with E-state index in [4.69, 9.17) is 23.2 Å². The third kappa shape index (κ3) is 4.12. The number of thioether (sulfide) groups is 1. The molecule has 168 valence electrons. The fraction of sp³-hybridized carbons (Fsp3) is 0.227. The number of hydrogen-bond acceptors (Lipinski definition) is 7. The van der Waals surface area contributed by atoms with Crippen LogP contribution in [-0.2, 0) is 10.5 Å². The highest BCUT2D eigenvalue weighted by atomic mass is 35.5. The molecular formula is C22H17Cl2N5O3S. The average Bonchev–Trinajstić information content (AvgIpc) is 3.20. The fourth-order valence-corrected chi connectivity index (χ4v) is 5.43. The molecule has 0 spiro atoms. The number of nitro groups is 1. The predicted octanol–water partition coefficient (Wildman–Crippen LogP) is 5.81. The number of benzene rings is 2. The number of fused-ring (bicyclic) bond motifs is 1. The van der Waals surface area contributed by atoms with E-state index < -0.39 is 11.0 Å². The quantitative estimate of drug-likeness (QED) is 0.267. The number of non-ortho nitro benzene ring substituents is 1. The van der Waals surface area contributed by atoms with Gasteiger partial charge >= 0.3 is 0 Å². The van der Waals surface area contributed by atoms with Gasteiger partial charge in [-0.15, -0.1) is 5.10 Å². The van der Waals surface area contributed by atoms with E-state index in [-0.39, 0.29) is 11.5 Å². The first kappa shape index (κ1) is 21.9. The van der Waals surface area contributed by atoms with Gasteiger partial charge < -0.3 is 5.32 Å². The zero-order chi connectivity index (χ0) is 23.1. The highest BCUT2D eigenvalue weighted by Crippen LogP contribution is 2.43. The molecule has 11 heteroatoms. The van der Waals surface area contributed by atoms with Gasteiger partial charge in [0.15, 0.2) is 5.78 Å². The molecule has 2 heterocycles. The van der Waals surface area contributed by atoms with Crippen LogP contribution in [0.4, 0.5) is 11.6 Å². The number of anilines is 1. The Morgan fingerprint density at radius 1 is 1.18 bits per heavy atom. The number of nitrogens with zero attached hydrogens (tertiary/aromatic N) is 4. The van der Waals surface area contributed by atoms with E-state index in [0.717, 1.165) is 17.7 Å². The van der Waals surface area contributed by atoms with Gasteiger partial charge in [0, 0.05) is 51.2 Å². The van der Waals surface area contributed by atoms with Gasteiger partial charge in [0.2, 0.25) is 11.1 Å². The van der Waals surface area contributed by atoms with Crippen molar-refractivity contribution in [2.24, 2.45) is 0 Å². The lowest BCUT2D eigenvalue weighted by molar-refractivity contribution is -0.384. The Kier molecular flexibility index (Phi) is 5.86. The van der Waals surface area contributed by atoms with Gasteiger partial charge in [-0.1, -0.05) is 53.2 Å². The van der Waals surface area contributed by atoms with Crippen LogP contribution in [-0.4, -0.2) is 25.5 Å². The highest BCUT2D eigenvalue weighted by Gasteiger charge is 2.38. The van der Waals surface area contributed by atoms with Gasteiger partial charge in [-0.05, 0) is 30.5 Å². The second kappa shape index (κ2) is 8.81. The summed E-state index contributed by atoms with van der Waals surface area (Å²) < 4.78 is 1.60. The molecule has 2 aliphatic rings. The van der Waals surface area contributed by atoms with Crippen LogP contribution >= 0.6 is 35.0 Å². The van der Waals surface area contributed by atoms with Crippen molar-refractivity contribution in [1.29, 1.82) is 0 Å². The summed E-state index contributed by atoms with van der Waals surface area (Å²) in [4.78, 5) is 28.5. The number of ketones is 1. The minimum Gasteiger partial charge on any atom is -0.328 e. The largest absolute Gasteiger partial charge is 0.328 e. The molecule has 0 bridgehead atoms. The monoisotopic (exact) mass is 501 g/mol. The number of aromatic nitrogens is 3. The van der Waals surface area contributed by atoms with Gasteiger partial charge in [0.1, 0.15) is 6.04 Å². The summed E-state index contributed by atoms with van der Waals surface area (Å²) in [5.41, 5.74) is 2.60. The van der Waals surface area contributed by atoms with E-state index in [2.05, 4.69) is 15.4 Å². The van der Waals surface area contributed by atoms with Gasteiger partial charge in [0.05, 0.1) is 4.92 Å². The second-order valence-electron chi connectivity index (χ2n) is 7.70. The molecule has 0 saturated heterocycles. The zero-order valence-corrected chi connectivity index (χ0v) is 19.5. The highest BCUT2D eigenvalue weighted by molar-refractivity contribution is 7.98. The molecule has 0 radical (unpaired) electrons. The number of nitrogens with one attached hydrogen (secondary N) is 1. The van der Waals surface area contributed by atoms with E-state index in [1.807, 2.05) is 24.3 Å². The Balaban J connectivity index is 1.57. The molecule has 1 N–H and O–H groups in total. The van der Waals surface area contributed by atoms with Crippen molar-refractivity contribution in [2.75, 3.05) is 5.32 Å². The first-order chi connectivity index (χ1) is 15.9. The number of nitro benzene ring substituents is 1. The second-order valence-corrected chi connectivity index (χ2v) is 9.46. The molecular weight excluding hydrogens is 485 g/mol. The van der Waals surface area contributed by atoms with Crippen LogP contribution in [0.5, 0.6) is 0 Å². The first-order valence-electron chi connectivity index (χ1n) is 10.2. The van der Waals surface area contributed by atoms with Crippen LogP contribution in [0.15, 0.2) is 58.9 Å². The van der Waals surface area contributed by atoms with Gasteiger partial charge in [-0.3, -0.25) is 14.9 Å². The molecule has 33 heavy (non-hydrogen) atoms. The van der Waals surface area contributed by atoms with Crippen molar-refractivity contribution >= 4 is 52.4 Å². The fourth-order valence-electron chi connectivity index (χ4n) is 4.10. The number of Topliss-reactive ketones (excluding diaryl/α,β-unsaturated/α-hetero) is 1. The molecule has 0 saturated carbocycles. The van der Waals surface area contributed by atoms with E-state index in [0.29, 0.717) is 50.9 Å². The number of carbonyl (C=O) groups excluding carboxylic acids is 1. The summed E-state index contributed by atoms with van der Waals surface area (Å²) in [5, 5.41) is 20.8. The topological polar surface area (TPSA) is 103 Å². The number of rotatable bonds is 5. The summed E-state index contributed by atoms with van der Waals surface area (Å²) in [6.07, 6.45) is 1.81. The Hall–Kier alpha value is -2.88. The lowest BCUT2D eigenvalue weighted by Gasteiger charge is -2.32. The smallest absolute Gasteiger partial charge is 0.269 e. The first-order valence-corrected chi connectivity index (χ1v) is 12.0. The molecule has 1 aliphatic heterocycles. The summed E-state index contributed by atoms with van der Waals surface area (Å²) >= 11 is 14.2. The van der Waals surface area contributed by atoms with Crippen molar-refractivity contribution in [3.8, 4) is 0 Å². The number of halogens is 2. The lowest BCUT2D eigenvalue weighted by atomic mass is 9.85. The van der Waals surface area contributed by atoms with Crippen LogP contribution in [0, 0.1) is 10.1 Å². The van der Waals surface area contributed by atoms with Gasteiger partial charge in [-0.2, -0.15) is 4.98 Å². The standard InChI is InChI=1S/C22H17Cl2N5O3S/c23-15-5-2-1-4-12(15)11-33-22-26-21-25-17-6-3-7-18(30)19(17)20(28(21)27-22)14-10-13(29(31)32)8-9-16(14)24/h1-2,4-5,8-10,20H,3,6-7,11H2,(H,25,26,27). The summed E-state index contributed by atoms with van der Waals surface area (Å²) in [7, 11) is 0. The maximum Gasteiger partial charge on any atom is 0.269 e. The van der Waals surface area contributed by atoms with Crippen LogP contribution in [0.2, 0.25) is 10.0 Å². The average molecular weight is 502 g/mol.